The molecule has 0 amide bonds. The number of ether oxygens (including phenoxy) is 1. The first-order valence-electron chi connectivity index (χ1n) is 4.66. The molecule has 0 unspecified atom stereocenters. The molecule has 0 aliphatic carbocycles. The molecule has 0 N–H and O–H groups in total. The van der Waals surface area contributed by atoms with E-state index in [0.29, 0.717) is 16.3 Å². The van der Waals surface area contributed by atoms with Crippen molar-refractivity contribution in [3.05, 3.63) is 29.1 Å². The monoisotopic (exact) mass is 294 g/mol. The number of hydrogen-bond donors (Lipinski definition) is 0. The van der Waals surface area contributed by atoms with E-state index in [9.17, 15) is 8.78 Å². The molecule has 0 radical (unpaired) electrons. The molecule has 1 heterocycles. The molecular weight excluding hydrogens is 289 g/mol. The van der Waals surface area contributed by atoms with Crippen molar-refractivity contribution in [2.45, 2.75) is 5.38 Å². The number of benzene rings is 1. The van der Waals surface area contributed by atoms with Gasteiger partial charge >= 0.3 is 11.3 Å². The Morgan fingerprint density at radius 3 is 2.67 bits per heavy atom. The second-order valence-corrected chi connectivity index (χ2v) is 4.18. The van der Waals surface area contributed by atoms with Gasteiger partial charge in [-0.2, -0.15) is 13.8 Å². The third-order valence-electron chi connectivity index (χ3n) is 2.07. The van der Waals surface area contributed by atoms with E-state index in [1.165, 1.54) is 13.2 Å². The molecule has 0 bridgehead atoms. The average molecular weight is 295 g/mol. The van der Waals surface area contributed by atoms with Crippen molar-refractivity contribution in [1.82, 2.24) is 10.1 Å². The van der Waals surface area contributed by atoms with Crippen LogP contribution in [0, 0.1) is 0 Å². The van der Waals surface area contributed by atoms with Gasteiger partial charge in [-0.05, 0) is 29.8 Å². The van der Waals surface area contributed by atoms with Gasteiger partial charge in [0.2, 0.25) is 5.82 Å². The lowest BCUT2D eigenvalue weighted by Crippen LogP contribution is -2.03. The van der Waals surface area contributed by atoms with Crippen molar-refractivity contribution in [1.29, 1.82) is 0 Å². The predicted octanol–water partition coefficient (Wildman–Crippen LogP) is 3.69. The molecule has 18 heavy (non-hydrogen) atoms. The maximum Gasteiger partial charge on any atom is 0.400 e. The van der Waals surface area contributed by atoms with Crippen molar-refractivity contribution in [3.8, 4) is 17.1 Å². The first kappa shape index (κ1) is 13.0. The van der Waals surface area contributed by atoms with Crippen LogP contribution in [0.1, 0.15) is 5.89 Å². The Hall–Kier alpha value is -1.40. The Balaban J connectivity index is 2.49. The number of halogens is 4. The van der Waals surface area contributed by atoms with Crippen LogP contribution in [-0.4, -0.2) is 17.3 Å². The van der Waals surface area contributed by atoms with Gasteiger partial charge < -0.3 is 9.26 Å². The Bertz CT molecular complexity index is 569. The zero-order chi connectivity index (χ0) is 13.3. The van der Waals surface area contributed by atoms with E-state index >= 15 is 0 Å². The highest BCUT2D eigenvalue weighted by atomic mass is 35.5. The topological polar surface area (TPSA) is 48.2 Å². The third-order valence-corrected chi connectivity index (χ3v) is 2.47. The van der Waals surface area contributed by atoms with E-state index in [0.717, 1.165) is 0 Å². The zero-order valence-electron chi connectivity index (χ0n) is 8.95. The summed E-state index contributed by atoms with van der Waals surface area (Å²) in [6.07, 6.45) is 0. The van der Waals surface area contributed by atoms with Crippen molar-refractivity contribution in [3.63, 3.8) is 0 Å². The lowest BCUT2D eigenvalue weighted by Gasteiger charge is -2.04. The van der Waals surface area contributed by atoms with E-state index in [1.54, 1.807) is 12.1 Å². The third kappa shape index (κ3) is 2.54. The first-order chi connectivity index (χ1) is 8.41. The van der Waals surface area contributed by atoms with Crippen molar-refractivity contribution >= 4 is 23.2 Å². The van der Waals surface area contributed by atoms with Crippen molar-refractivity contribution in [2.75, 3.05) is 7.11 Å². The Morgan fingerprint density at radius 2 is 2.11 bits per heavy atom. The summed E-state index contributed by atoms with van der Waals surface area (Å²) in [7, 11) is 1.42. The predicted molar refractivity (Wildman–Crippen MR) is 61.0 cm³/mol. The van der Waals surface area contributed by atoms with Crippen LogP contribution < -0.4 is 4.74 Å². The lowest BCUT2D eigenvalue weighted by molar-refractivity contribution is 0.0551. The number of alkyl halides is 3. The van der Waals surface area contributed by atoms with Crippen LogP contribution in [0.4, 0.5) is 8.78 Å². The summed E-state index contributed by atoms with van der Waals surface area (Å²) in [4.78, 5) is 3.50. The minimum Gasteiger partial charge on any atom is -0.496 e. The first-order valence-corrected chi connectivity index (χ1v) is 5.42. The fourth-order valence-corrected chi connectivity index (χ4v) is 1.55. The van der Waals surface area contributed by atoms with Gasteiger partial charge in [-0.1, -0.05) is 16.8 Å². The molecule has 0 spiro atoms. The van der Waals surface area contributed by atoms with Crippen LogP contribution in [0.3, 0.4) is 0 Å². The normalized spacial score (nSPS) is 11.6. The summed E-state index contributed by atoms with van der Waals surface area (Å²) >= 11 is 10.6. The Morgan fingerprint density at radius 1 is 1.39 bits per heavy atom. The summed E-state index contributed by atoms with van der Waals surface area (Å²) in [5, 5.41) is 0.0862. The van der Waals surface area contributed by atoms with Crippen LogP contribution in [0.25, 0.3) is 11.4 Å². The molecule has 1 aromatic heterocycles. The second-order valence-electron chi connectivity index (χ2n) is 3.27. The quantitative estimate of drug-likeness (QED) is 0.810. The minimum absolute atomic E-state index is 0.0790. The highest BCUT2D eigenvalue weighted by Gasteiger charge is 2.36. The van der Waals surface area contributed by atoms with Gasteiger partial charge in [0.1, 0.15) is 5.75 Å². The number of rotatable bonds is 3. The van der Waals surface area contributed by atoms with Gasteiger partial charge in [-0.25, -0.2) is 0 Å². The van der Waals surface area contributed by atoms with Gasteiger partial charge in [0.05, 0.1) is 12.7 Å². The van der Waals surface area contributed by atoms with Gasteiger partial charge in [0.15, 0.2) is 0 Å². The number of nitrogens with zero attached hydrogens (tertiary/aromatic N) is 2. The van der Waals surface area contributed by atoms with E-state index in [-0.39, 0.29) is 5.82 Å². The molecule has 0 fully saturated rings. The van der Waals surface area contributed by atoms with Crippen molar-refractivity contribution in [2.24, 2.45) is 0 Å². The standard InChI is InChI=1S/C10H6Cl2F2N2O2/c1-17-7-3-2-5(11)4-6(7)8-15-9(18-16-8)10(12,13)14/h2-4H,1H3. The maximum atomic E-state index is 12.8. The Kier molecular flexibility index (Phi) is 3.41. The molecule has 4 nitrogen and oxygen atoms in total. The Labute approximate surface area is 110 Å². The summed E-state index contributed by atoms with van der Waals surface area (Å²) in [5.41, 5.74) is 0.334. The van der Waals surface area contributed by atoms with Gasteiger partial charge in [0.25, 0.3) is 0 Å². The molecule has 2 aromatic rings. The fraction of sp³-hybridized carbons (Fsp3) is 0.200. The highest BCUT2D eigenvalue weighted by Crippen LogP contribution is 2.35. The number of aromatic nitrogens is 2. The molecule has 0 atom stereocenters. The van der Waals surface area contributed by atoms with E-state index in [1.807, 2.05) is 0 Å². The van der Waals surface area contributed by atoms with Gasteiger partial charge in [-0.15, -0.1) is 0 Å². The van der Waals surface area contributed by atoms with Crippen LogP contribution in [0.2, 0.25) is 5.02 Å². The molecule has 0 saturated heterocycles. The number of hydrogen-bond acceptors (Lipinski definition) is 4. The smallest absolute Gasteiger partial charge is 0.400 e. The fourth-order valence-electron chi connectivity index (χ4n) is 1.30. The molecule has 0 aliphatic heterocycles. The molecule has 0 saturated carbocycles. The average Bonchev–Trinajstić information content (AvgIpc) is 2.77. The zero-order valence-corrected chi connectivity index (χ0v) is 10.5. The van der Waals surface area contributed by atoms with Gasteiger partial charge in [-0.3, -0.25) is 0 Å². The summed E-state index contributed by atoms with van der Waals surface area (Å²) < 4.78 is 34.9. The summed E-state index contributed by atoms with van der Waals surface area (Å²) in [6, 6.07) is 4.62. The molecule has 1 aromatic carbocycles. The highest BCUT2D eigenvalue weighted by molar-refractivity contribution is 6.30. The molecule has 0 aliphatic rings. The lowest BCUT2D eigenvalue weighted by atomic mass is 10.2. The summed E-state index contributed by atoms with van der Waals surface area (Å²) in [6.45, 7) is 0. The molecule has 2 rings (SSSR count). The number of methoxy groups -OCH3 is 1. The maximum absolute atomic E-state index is 12.8. The van der Waals surface area contributed by atoms with E-state index < -0.39 is 11.3 Å². The van der Waals surface area contributed by atoms with E-state index in [2.05, 4.69) is 14.7 Å². The second kappa shape index (κ2) is 4.70. The molecule has 8 heteroatoms. The summed E-state index contributed by atoms with van der Waals surface area (Å²) in [5.74, 6) is -0.685. The molecular formula is C10H6Cl2F2N2O2. The largest absolute Gasteiger partial charge is 0.496 e. The van der Waals surface area contributed by atoms with Crippen LogP contribution in [-0.2, 0) is 5.38 Å². The molecule has 96 valence electrons. The van der Waals surface area contributed by atoms with Crippen LogP contribution in [0.5, 0.6) is 5.75 Å². The van der Waals surface area contributed by atoms with Gasteiger partial charge in [0, 0.05) is 5.02 Å². The van der Waals surface area contributed by atoms with Crippen LogP contribution in [0.15, 0.2) is 22.7 Å². The van der Waals surface area contributed by atoms with E-state index in [4.69, 9.17) is 27.9 Å². The SMILES string of the molecule is COc1ccc(Cl)cc1-c1noc(C(F)(F)Cl)n1. The minimum atomic E-state index is -3.71. The van der Waals surface area contributed by atoms with Crippen LogP contribution >= 0.6 is 23.2 Å². The van der Waals surface area contributed by atoms with Crippen molar-refractivity contribution < 1.29 is 18.0 Å².